The van der Waals surface area contributed by atoms with Gasteiger partial charge in [0.2, 0.25) is 0 Å². The van der Waals surface area contributed by atoms with E-state index in [1.54, 1.807) is 45.6 Å². The number of benzene rings is 1. The molecule has 0 fully saturated rings. The third-order valence-electron chi connectivity index (χ3n) is 2.94. The van der Waals surface area contributed by atoms with Gasteiger partial charge in [0.25, 0.3) is 0 Å². The normalized spacial score (nSPS) is 11.3. The van der Waals surface area contributed by atoms with E-state index in [0.717, 1.165) is 0 Å². The second-order valence-corrected chi connectivity index (χ2v) is 7.25. The van der Waals surface area contributed by atoms with Crippen LogP contribution in [-0.4, -0.2) is 42.7 Å². The zero-order valence-electron chi connectivity index (χ0n) is 12.0. The van der Waals surface area contributed by atoms with E-state index < -0.39 is 8.80 Å². The molecular weight excluding hydrogens is 278 g/mol. The van der Waals surface area contributed by atoms with Crippen molar-refractivity contribution in [2.75, 3.05) is 33.7 Å². The zero-order chi connectivity index (χ0) is 15.0. The van der Waals surface area contributed by atoms with Crippen molar-refractivity contribution < 1.29 is 22.8 Å². The molecule has 0 spiro atoms. The van der Waals surface area contributed by atoms with Crippen LogP contribution in [0.25, 0.3) is 0 Å². The third-order valence-corrected chi connectivity index (χ3v) is 5.77. The monoisotopic (exact) mass is 299 g/mol. The summed E-state index contributed by atoms with van der Waals surface area (Å²) in [6.07, 6.45) is 0.614. The van der Waals surface area contributed by atoms with Crippen molar-refractivity contribution in [3.8, 4) is 0 Å². The van der Waals surface area contributed by atoms with E-state index in [1.165, 1.54) is 0 Å². The number of hydrogen-bond donors (Lipinski definition) is 1. The minimum atomic E-state index is -2.58. The van der Waals surface area contributed by atoms with Gasteiger partial charge in [-0.25, -0.2) is 4.79 Å². The summed E-state index contributed by atoms with van der Waals surface area (Å²) in [6.45, 7) is 0.286. The molecule has 0 unspecified atom stereocenters. The highest BCUT2D eigenvalue weighted by atomic mass is 28.4. The second-order valence-electron chi connectivity index (χ2n) is 4.16. The molecule has 112 valence electrons. The molecule has 0 heterocycles. The average Bonchev–Trinajstić information content (AvgIpc) is 2.49. The molecule has 0 saturated heterocycles. The summed E-state index contributed by atoms with van der Waals surface area (Å²) in [7, 11) is 2.08. The van der Waals surface area contributed by atoms with Gasteiger partial charge in [0.15, 0.2) is 0 Å². The highest BCUT2D eigenvalue weighted by molar-refractivity contribution is 6.60. The van der Waals surface area contributed by atoms with Crippen LogP contribution < -0.4 is 5.73 Å². The van der Waals surface area contributed by atoms with E-state index in [0.29, 0.717) is 23.7 Å². The van der Waals surface area contributed by atoms with Gasteiger partial charge in [-0.05, 0) is 30.7 Å². The van der Waals surface area contributed by atoms with Crippen LogP contribution in [0.5, 0.6) is 0 Å². The molecule has 0 aliphatic carbocycles. The van der Waals surface area contributed by atoms with Crippen LogP contribution in [0.15, 0.2) is 24.3 Å². The number of nitrogens with two attached hydrogens (primary N) is 1. The Labute approximate surface area is 120 Å². The lowest BCUT2D eigenvalue weighted by Crippen LogP contribution is -2.42. The molecule has 1 aromatic carbocycles. The van der Waals surface area contributed by atoms with Gasteiger partial charge in [0, 0.05) is 33.1 Å². The van der Waals surface area contributed by atoms with Crippen LogP contribution in [-0.2, 0) is 18.0 Å². The van der Waals surface area contributed by atoms with Crippen LogP contribution >= 0.6 is 0 Å². The lowest BCUT2D eigenvalue weighted by molar-refractivity contribution is 0.0493. The van der Waals surface area contributed by atoms with Crippen molar-refractivity contribution in [2.24, 2.45) is 0 Å². The van der Waals surface area contributed by atoms with Gasteiger partial charge in [-0.3, -0.25) is 0 Å². The molecule has 2 N–H and O–H groups in total. The fourth-order valence-electron chi connectivity index (χ4n) is 1.71. The molecule has 0 saturated carbocycles. The summed E-state index contributed by atoms with van der Waals surface area (Å²) < 4.78 is 21.0. The van der Waals surface area contributed by atoms with Crippen LogP contribution in [0.3, 0.4) is 0 Å². The van der Waals surface area contributed by atoms with Crippen molar-refractivity contribution in [3.63, 3.8) is 0 Å². The van der Waals surface area contributed by atoms with E-state index in [1.807, 2.05) is 0 Å². The lowest BCUT2D eigenvalue weighted by atomic mass is 10.2. The first-order valence-corrected chi connectivity index (χ1v) is 8.18. The van der Waals surface area contributed by atoms with E-state index in [-0.39, 0.29) is 12.6 Å². The van der Waals surface area contributed by atoms with E-state index in [4.69, 9.17) is 23.7 Å². The maximum atomic E-state index is 11.7. The van der Waals surface area contributed by atoms with Crippen LogP contribution in [0.4, 0.5) is 5.69 Å². The molecule has 1 rings (SSSR count). The Morgan fingerprint density at radius 1 is 1.10 bits per heavy atom. The average molecular weight is 299 g/mol. The third kappa shape index (κ3) is 4.60. The molecule has 0 aromatic heterocycles. The topological polar surface area (TPSA) is 80.0 Å². The molecule has 0 atom stereocenters. The van der Waals surface area contributed by atoms with Crippen LogP contribution in [0.1, 0.15) is 16.8 Å². The van der Waals surface area contributed by atoms with Gasteiger partial charge in [-0.2, -0.15) is 0 Å². The lowest BCUT2D eigenvalue weighted by Gasteiger charge is -2.24. The second kappa shape index (κ2) is 8.00. The van der Waals surface area contributed by atoms with Crippen molar-refractivity contribution in [1.29, 1.82) is 0 Å². The molecule has 0 radical (unpaired) electrons. The molecule has 0 amide bonds. The minimum absolute atomic E-state index is 0.286. The quantitative estimate of drug-likeness (QED) is 0.340. The van der Waals surface area contributed by atoms with Gasteiger partial charge in [0.05, 0.1) is 12.2 Å². The Kier molecular flexibility index (Phi) is 6.66. The standard InChI is InChI=1S/C13H21NO5Si/c1-16-20(17-2,18-3)10-4-9-19-13(15)11-5-7-12(14)8-6-11/h5-8H,4,9-10,14H2,1-3H3. The van der Waals surface area contributed by atoms with E-state index in [9.17, 15) is 4.79 Å². The van der Waals surface area contributed by atoms with Crippen LogP contribution in [0.2, 0.25) is 6.04 Å². The number of anilines is 1. The number of ether oxygens (including phenoxy) is 1. The number of nitrogen functional groups attached to an aromatic ring is 1. The molecule has 6 nitrogen and oxygen atoms in total. The number of esters is 1. The summed E-state index contributed by atoms with van der Waals surface area (Å²) >= 11 is 0. The maximum absolute atomic E-state index is 11.7. The fourth-order valence-corrected chi connectivity index (χ4v) is 3.40. The first-order chi connectivity index (χ1) is 9.56. The summed E-state index contributed by atoms with van der Waals surface area (Å²) in [5.41, 5.74) is 6.64. The molecule has 7 heteroatoms. The number of rotatable bonds is 8. The molecule has 1 aromatic rings. The predicted molar refractivity (Wildman–Crippen MR) is 77.3 cm³/mol. The highest BCUT2D eigenvalue weighted by Gasteiger charge is 2.36. The summed E-state index contributed by atoms with van der Waals surface area (Å²) in [5.74, 6) is -0.371. The first kappa shape index (κ1) is 16.6. The molecular formula is C13H21NO5Si. The Hall–Kier alpha value is -1.41. The van der Waals surface area contributed by atoms with Gasteiger partial charge in [-0.15, -0.1) is 0 Å². The van der Waals surface area contributed by atoms with Crippen molar-refractivity contribution in [1.82, 2.24) is 0 Å². The highest BCUT2D eigenvalue weighted by Crippen LogP contribution is 2.15. The summed E-state index contributed by atoms with van der Waals surface area (Å²) in [6, 6.07) is 7.18. The van der Waals surface area contributed by atoms with Gasteiger partial charge in [0.1, 0.15) is 0 Å². The predicted octanol–water partition coefficient (Wildman–Crippen LogP) is 1.69. The zero-order valence-corrected chi connectivity index (χ0v) is 13.0. The Morgan fingerprint density at radius 3 is 2.15 bits per heavy atom. The van der Waals surface area contributed by atoms with Crippen molar-refractivity contribution in [2.45, 2.75) is 12.5 Å². The Morgan fingerprint density at radius 2 is 1.65 bits per heavy atom. The van der Waals surface area contributed by atoms with Gasteiger partial charge < -0.3 is 23.7 Å². The molecule has 20 heavy (non-hydrogen) atoms. The smallest absolute Gasteiger partial charge is 0.462 e. The SMILES string of the molecule is CO[Si](CCCOC(=O)c1ccc(N)cc1)(OC)OC. The van der Waals surface area contributed by atoms with Crippen LogP contribution in [0, 0.1) is 0 Å². The van der Waals surface area contributed by atoms with E-state index >= 15 is 0 Å². The number of carbonyl (C=O) groups is 1. The maximum Gasteiger partial charge on any atom is 0.500 e. The Balaban J connectivity index is 2.37. The van der Waals surface area contributed by atoms with E-state index in [2.05, 4.69) is 0 Å². The Bertz CT molecular complexity index is 411. The molecule has 0 bridgehead atoms. The number of hydrogen-bond acceptors (Lipinski definition) is 6. The number of carbonyl (C=O) groups excluding carboxylic acids is 1. The molecule has 0 aliphatic heterocycles. The van der Waals surface area contributed by atoms with Gasteiger partial charge in [-0.1, -0.05) is 0 Å². The summed E-state index contributed by atoms with van der Waals surface area (Å²) in [4.78, 5) is 11.7. The van der Waals surface area contributed by atoms with Crippen molar-refractivity contribution >= 4 is 20.5 Å². The summed E-state index contributed by atoms with van der Waals surface area (Å²) in [5, 5.41) is 0. The first-order valence-electron chi connectivity index (χ1n) is 6.25. The fraction of sp³-hybridized carbons (Fsp3) is 0.462. The van der Waals surface area contributed by atoms with Crippen molar-refractivity contribution in [3.05, 3.63) is 29.8 Å². The van der Waals surface area contributed by atoms with Gasteiger partial charge >= 0.3 is 14.8 Å². The largest absolute Gasteiger partial charge is 0.500 e. The molecule has 0 aliphatic rings. The minimum Gasteiger partial charge on any atom is -0.462 e.